The molecule has 5 heteroatoms. The van der Waals surface area contributed by atoms with Crippen molar-refractivity contribution in [3.05, 3.63) is 41.6 Å². The molecule has 0 spiro atoms. The Morgan fingerprint density at radius 3 is 2.35 bits per heavy atom. The fourth-order valence-electron chi connectivity index (χ4n) is 2.09. The summed E-state index contributed by atoms with van der Waals surface area (Å²) in [4.78, 5) is 25.6. The van der Waals surface area contributed by atoms with E-state index in [0.717, 1.165) is 22.2 Å². The molecule has 0 aliphatic heterocycles. The molecule has 0 aliphatic rings. The third kappa shape index (κ3) is 3.54. The fraction of sp³-hybridized carbons (Fsp3) is 0.267. The molecule has 0 saturated heterocycles. The first kappa shape index (κ1) is 14.0. The summed E-state index contributed by atoms with van der Waals surface area (Å²) in [5.41, 5.74) is 2.45. The highest BCUT2D eigenvalue weighted by molar-refractivity contribution is 5.83. The average Bonchev–Trinajstić information content (AvgIpc) is 2.42. The lowest BCUT2D eigenvalue weighted by molar-refractivity contribution is -0.138. The lowest BCUT2D eigenvalue weighted by Crippen LogP contribution is -2.01. The number of pyridine rings is 1. The number of aryl methyl sites for hydroxylation is 2. The second-order valence-corrected chi connectivity index (χ2v) is 4.57. The van der Waals surface area contributed by atoms with Gasteiger partial charge in [0.1, 0.15) is 0 Å². The standard InChI is InChI=1S/C15H15NO4/c17-14(18)8-4-10-2-1-3-13-12(10)7-5-11(16-13)6-9-15(19)20/h1-3,5,7H,4,6,8-9H2,(H,17,18)(H,19,20). The van der Waals surface area contributed by atoms with Gasteiger partial charge < -0.3 is 10.2 Å². The maximum absolute atomic E-state index is 10.6. The first-order chi connectivity index (χ1) is 9.56. The number of aliphatic carboxylic acids is 2. The first-order valence-corrected chi connectivity index (χ1v) is 6.37. The van der Waals surface area contributed by atoms with Crippen molar-refractivity contribution >= 4 is 22.8 Å². The van der Waals surface area contributed by atoms with Crippen molar-refractivity contribution in [2.24, 2.45) is 0 Å². The zero-order valence-electron chi connectivity index (χ0n) is 10.9. The molecule has 0 radical (unpaired) electrons. The Morgan fingerprint density at radius 2 is 1.65 bits per heavy atom. The summed E-state index contributed by atoms with van der Waals surface area (Å²) < 4.78 is 0. The van der Waals surface area contributed by atoms with E-state index in [1.165, 1.54) is 0 Å². The van der Waals surface area contributed by atoms with E-state index >= 15 is 0 Å². The third-order valence-corrected chi connectivity index (χ3v) is 3.08. The molecule has 0 amide bonds. The Kier molecular flexibility index (Phi) is 4.30. The quantitative estimate of drug-likeness (QED) is 0.843. The van der Waals surface area contributed by atoms with Crippen LogP contribution in [0.4, 0.5) is 0 Å². The van der Waals surface area contributed by atoms with Crippen LogP contribution >= 0.6 is 0 Å². The summed E-state index contributed by atoms with van der Waals surface area (Å²) in [5, 5.41) is 18.3. The van der Waals surface area contributed by atoms with Crippen LogP contribution in [0.25, 0.3) is 10.9 Å². The number of carboxylic acids is 2. The van der Waals surface area contributed by atoms with Crippen LogP contribution in [-0.2, 0) is 22.4 Å². The monoisotopic (exact) mass is 273 g/mol. The van der Waals surface area contributed by atoms with Crippen LogP contribution in [0.3, 0.4) is 0 Å². The van der Waals surface area contributed by atoms with Crippen LogP contribution in [0.15, 0.2) is 30.3 Å². The minimum Gasteiger partial charge on any atom is -0.481 e. The number of carbonyl (C=O) groups is 2. The van der Waals surface area contributed by atoms with E-state index < -0.39 is 11.9 Å². The zero-order valence-corrected chi connectivity index (χ0v) is 10.9. The lowest BCUT2D eigenvalue weighted by atomic mass is 10.0. The van der Waals surface area contributed by atoms with Crippen LogP contribution in [0.2, 0.25) is 0 Å². The molecule has 0 aliphatic carbocycles. The van der Waals surface area contributed by atoms with E-state index in [1.54, 1.807) is 6.07 Å². The number of hydrogen-bond acceptors (Lipinski definition) is 3. The molecule has 1 aromatic carbocycles. The zero-order chi connectivity index (χ0) is 14.5. The summed E-state index contributed by atoms with van der Waals surface area (Å²) in [6.07, 6.45) is 0.991. The molecule has 5 nitrogen and oxygen atoms in total. The Balaban J connectivity index is 2.25. The molecule has 2 rings (SSSR count). The third-order valence-electron chi connectivity index (χ3n) is 3.08. The van der Waals surface area contributed by atoms with E-state index in [9.17, 15) is 9.59 Å². The molecule has 20 heavy (non-hydrogen) atoms. The van der Waals surface area contributed by atoms with Gasteiger partial charge in [-0.3, -0.25) is 14.6 Å². The van der Waals surface area contributed by atoms with E-state index in [0.29, 0.717) is 12.8 Å². The smallest absolute Gasteiger partial charge is 0.303 e. The van der Waals surface area contributed by atoms with Gasteiger partial charge in [-0.15, -0.1) is 0 Å². The van der Waals surface area contributed by atoms with E-state index in [2.05, 4.69) is 4.98 Å². The van der Waals surface area contributed by atoms with Crippen molar-refractivity contribution in [3.8, 4) is 0 Å². The Hall–Kier alpha value is -2.43. The van der Waals surface area contributed by atoms with Crippen LogP contribution in [-0.4, -0.2) is 27.1 Å². The maximum Gasteiger partial charge on any atom is 0.303 e. The molecule has 0 saturated carbocycles. The van der Waals surface area contributed by atoms with Crippen molar-refractivity contribution in [3.63, 3.8) is 0 Å². The second kappa shape index (κ2) is 6.14. The Bertz CT molecular complexity index is 651. The highest BCUT2D eigenvalue weighted by Crippen LogP contribution is 2.19. The second-order valence-electron chi connectivity index (χ2n) is 4.57. The summed E-state index contributed by atoms with van der Waals surface area (Å²) in [6.45, 7) is 0. The minimum absolute atomic E-state index is 0.0528. The number of fused-ring (bicyclic) bond motifs is 1. The molecule has 0 atom stereocenters. The molecule has 0 bridgehead atoms. The average molecular weight is 273 g/mol. The Labute approximate surface area is 115 Å². The molecule has 1 heterocycles. The number of hydrogen-bond donors (Lipinski definition) is 2. The van der Waals surface area contributed by atoms with Crippen LogP contribution in [0, 0.1) is 0 Å². The molecule has 104 valence electrons. The minimum atomic E-state index is -0.845. The van der Waals surface area contributed by atoms with Gasteiger partial charge in [-0.2, -0.15) is 0 Å². The first-order valence-electron chi connectivity index (χ1n) is 6.37. The number of carboxylic acid groups (broad SMARTS) is 2. The molecule has 1 aromatic heterocycles. The summed E-state index contributed by atoms with van der Waals surface area (Å²) in [6, 6.07) is 9.27. The van der Waals surface area contributed by atoms with Gasteiger partial charge >= 0.3 is 11.9 Å². The normalized spacial score (nSPS) is 10.6. The van der Waals surface area contributed by atoms with Gasteiger partial charge in [0.15, 0.2) is 0 Å². The van der Waals surface area contributed by atoms with Crippen LogP contribution < -0.4 is 0 Å². The summed E-state index contributed by atoms with van der Waals surface area (Å²) in [7, 11) is 0. The molecular weight excluding hydrogens is 258 g/mol. The largest absolute Gasteiger partial charge is 0.481 e. The number of nitrogens with zero attached hydrogens (tertiary/aromatic N) is 1. The van der Waals surface area contributed by atoms with Crippen molar-refractivity contribution in [2.75, 3.05) is 0 Å². The van der Waals surface area contributed by atoms with E-state index in [-0.39, 0.29) is 12.8 Å². The number of aromatic nitrogens is 1. The molecule has 0 unspecified atom stereocenters. The van der Waals surface area contributed by atoms with Gasteiger partial charge in [-0.25, -0.2) is 0 Å². The van der Waals surface area contributed by atoms with Crippen LogP contribution in [0.5, 0.6) is 0 Å². The lowest BCUT2D eigenvalue weighted by Gasteiger charge is -2.06. The summed E-state index contributed by atoms with van der Waals surface area (Å²) >= 11 is 0. The van der Waals surface area contributed by atoms with Crippen molar-refractivity contribution < 1.29 is 19.8 Å². The van der Waals surface area contributed by atoms with Gasteiger partial charge in [0.2, 0.25) is 0 Å². The van der Waals surface area contributed by atoms with E-state index in [4.69, 9.17) is 10.2 Å². The molecular formula is C15H15NO4. The fourth-order valence-corrected chi connectivity index (χ4v) is 2.09. The van der Waals surface area contributed by atoms with Gasteiger partial charge in [0, 0.05) is 23.9 Å². The van der Waals surface area contributed by atoms with E-state index in [1.807, 2.05) is 24.3 Å². The van der Waals surface area contributed by atoms with Gasteiger partial charge in [0.05, 0.1) is 11.9 Å². The topological polar surface area (TPSA) is 87.5 Å². The highest BCUT2D eigenvalue weighted by Gasteiger charge is 2.06. The molecule has 2 N–H and O–H groups in total. The number of benzene rings is 1. The maximum atomic E-state index is 10.6. The van der Waals surface area contributed by atoms with Crippen LogP contribution in [0.1, 0.15) is 24.1 Å². The van der Waals surface area contributed by atoms with Crippen molar-refractivity contribution in [1.29, 1.82) is 0 Å². The van der Waals surface area contributed by atoms with Crippen molar-refractivity contribution in [1.82, 2.24) is 4.98 Å². The molecule has 2 aromatic rings. The summed E-state index contributed by atoms with van der Waals surface area (Å²) in [5.74, 6) is -1.67. The van der Waals surface area contributed by atoms with Gasteiger partial charge in [-0.05, 0) is 24.1 Å². The predicted octanol–water partition coefficient (Wildman–Crippen LogP) is 2.27. The highest BCUT2D eigenvalue weighted by atomic mass is 16.4. The number of rotatable bonds is 6. The van der Waals surface area contributed by atoms with Gasteiger partial charge in [-0.1, -0.05) is 18.2 Å². The Morgan fingerprint density at radius 1 is 0.950 bits per heavy atom. The SMILES string of the molecule is O=C(O)CCc1ccc2c(CCC(=O)O)cccc2n1. The van der Waals surface area contributed by atoms with Crippen molar-refractivity contribution in [2.45, 2.75) is 25.7 Å². The predicted molar refractivity (Wildman–Crippen MR) is 73.7 cm³/mol. The van der Waals surface area contributed by atoms with Gasteiger partial charge in [0.25, 0.3) is 0 Å². The molecule has 0 fully saturated rings.